The van der Waals surface area contributed by atoms with Crippen LogP contribution < -0.4 is 4.43 Å². The zero-order valence-corrected chi connectivity index (χ0v) is 27.5. The molecule has 2 aromatic heterocycles. The molecular weight excluding hydrogens is 513 g/mol. The van der Waals surface area contributed by atoms with Crippen LogP contribution in [0.15, 0.2) is 12.7 Å². The Hall–Kier alpha value is -0.942. The van der Waals surface area contributed by atoms with Crippen LogP contribution in [0.1, 0.15) is 6.23 Å². The van der Waals surface area contributed by atoms with Gasteiger partial charge in [0.25, 0.3) is 0 Å². The van der Waals surface area contributed by atoms with Crippen molar-refractivity contribution in [3.05, 3.63) is 12.7 Å². The first-order valence-electron chi connectivity index (χ1n) is 12.3. The number of fused-ring (bicyclic) bond motifs is 1. The van der Waals surface area contributed by atoms with Gasteiger partial charge in [0, 0.05) is 0 Å². The van der Waals surface area contributed by atoms with Crippen molar-refractivity contribution in [1.82, 2.24) is 19.5 Å². The van der Waals surface area contributed by atoms with Crippen LogP contribution in [0.3, 0.4) is 0 Å². The summed E-state index contributed by atoms with van der Waals surface area (Å²) in [5.74, 6) is 0.534. The van der Waals surface area contributed by atoms with Crippen LogP contribution in [0.25, 0.3) is 11.2 Å². The average Bonchev–Trinajstić information content (AvgIpc) is 3.19. The highest BCUT2D eigenvalue weighted by Crippen LogP contribution is 2.40. The molecule has 3 rings (SSSR count). The van der Waals surface area contributed by atoms with Crippen molar-refractivity contribution in [2.75, 3.05) is 6.61 Å². The molecule has 1 fully saturated rings. The topological polar surface area (TPSA) is 89.8 Å². The van der Waals surface area contributed by atoms with E-state index in [4.69, 9.17) is 22.4 Å². The van der Waals surface area contributed by atoms with Crippen LogP contribution in [0.4, 0.5) is 0 Å². The largest absolute Gasteiger partial charge is 0.530 e. The third-order valence-corrected chi connectivity index (χ3v) is 8.75. The van der Waals surface area contributed by atoms with Crippen LogP contribution in [0.2, 0.25) is 78.6 Å². The number of nitrogens with zero attached hydrogens (tertiary/aromatic N) is 4. The van der Waals surface area contributed by atoms with Gasteiger partial charge in [0.15, 0.2) is 42.3 Å². The minimum absolute atomic E-state index is 0.252. The lowest BCUT2D eigenvalue weighted by Gasteiger charge is -2.34. The Balaban J connectivity index is 2.10. The molecule has 1 aliphatic rings. The summed E-state index contributed by atoms with van der Waals surface area (Å²) in [6.45, 7) is 26.6. The third-order valence-electron chi connectivity index (χ3n) is 4.95. The van der Waals surface area contributed by atoms with E-state index >= 15 is 0 Å². The van der Waals surface area contributed by atoms with Crippen molar-refractivity contribution in [2.24, 2.45) is 0 Å². The SMILES string of the molecule is C[Si](C)(C)OC[C@H]1O[C@@H](n2cnc3ncnc(O[Si](C)(C)C)c32)[C@H](O[Si](C)(C)C)[C@@H]1O[Si](C)(C)C. The van der Waals surface area contributed by atoms with Gasteiger partial charge in [0.1, 0.15) is 31.0 Å². The highest BCUT2D eigenvalue weighted by molar-refractivity contribution is 6.71. The van der Waals surface area contributed by atoms with Gasteiger partial charge in [-0.2, -0.15) is 0 Å². The van der Waals surface area contributed by atoms with E-state index in [0.717, 1.165) is 5.52 Å². The monoisotopic (exact) mass is 556 g/mol. The predicted molar refractivity (Wildman–Crippen MR) is 149 cm³/mol. The van der Waals surface area contributed by atoms with Crippen molar-refractivity contribution in [3.8, 4) is 5.88 Å². The number of rotatable bonds is 10. The van der Waals surface area contributed by atoms with Crippen LogP contribution in [-0.4, -0.2) is 77.7 Å². The molecule has 3 heterocycles. The molecule has 198 valence electrons. The van der Waals surface area contributed by atoms with Gasteiger partial charge in [-0.1, -0.05) is 0 Å². The Morgan fingerprint density at radius 2 is 1.37 bits per heavy atom. The van der Waals surface area contributed by atoms with Gasteiger partial charge in [-0.3, -0.25) is 4.57 Å². The average molecular weight is 557 g/mol. The third kappa shape index (κ3) is 8.02. The summed E-state index contributed by atoms with van der Waals surface area (Å²) in [6, 6.07) is 0. The summed E-state index contributed by atoms with van der Waals surface area (Å²) in [4.78, 5) is 13.4. The molecule has 0 bridgehead atoms. The molecule has 0 aromatic carbocycles. The van der Waals surface area contributed by atoms with E-state index in [1.165, 1.54) is 6.33 Å². The van der Waals surface area contributed by atoms with E-state index in [2.05, 4.69) is 93.5 Å². The molecule has 0 aliphatic carbocycles. The Morgan fingerprint density at radius 1 is 0.771 bits per heavy atom. The van der Waals surface area contributed by atoms with E-state index in [0.29, 0.717) is 18.1 Å². The van der Waals surface area contributed by atoms with Crippen molar-refractivity contribution in [1.29, 1.82) is 0 Å². The zero-order chi connectivity index (χ0) is 26.4. The first kappa shape index (κ1) is 28.6. The summed E-state index contributed by atoms with van der Waals surface area (Å²) in [7, 11) is -7.58. The van der Waals surface area contributed by atoms with Crippen molar-refractivity contribution in [3.63, 3.8) is 0 Å². The van der Waals surface area contributed by atoms with E-state index in [1.54, 1.807) is 6.33 Å². The smallest absolute Gasteiger partial charge is 0.244 e. The Morgan fingerprint density at radius 3 is 1.91 bits per heavy atom. The summed E-state index contributed by atoms with van der Waals surface area (Å²) >= 11 is 0. The van der Waals surface area contributed by atoms with E-state index in [9.17, 15) is 0 Å². The molecule has 1 saturated heterocycles. The highest BCUT2D eigenvalue weighted by Gasteiger charge is 2.50. The first-order chi connectivity index (χ1) is 15.8. The van der Waals surface area contributed by atoms with Gasteiger partial charge in [0.2, 0.25) is 14.2 Å². The van der Waals surface area contributed by atoms with Crippen LogP contribution in [0, 0.1) is 0 Å². The minimum Gasteiger partial charge on any atom is -0.530 e. The summed E-state index contributed by atoms with van der Waals surface area (Å²) < 4.78 is 34.9. The minimum atomic E-state index is -1.97. The fourth-order valence-electron chi connectivity index (χ4n) is 3.89. The van der Waals surface area contributed by atoms with Gasteiger partial charge >= 0.3 is 0 Å². The molecule has 0 amide bonds. The molecule has 0 spiro atoms. The van der Waals surface area contributed by atoms with Gasteiger partial charge in [-0.25, -0.2) is 15.0 Å². The lowest BCUT2D eigenvalue weighted by Crippen LogP contribution is -2.48. The second-order valence-electron chi connectivity index (χ2n) is 13.1. The van der Waals surface area contributed by atoms with Gasteiger partial charge in [-0.15, -0.1) is 0 Å². The maximum Gasteiger partial charge on any atom is 0.244 e. The molecule has 4 atom stereocenters. The molecule has 0 unspecified atom stereocenters. The Bertz CT molecular complexity index is 1010. The molecule has 1 aliphatic heterocycles. The van der Waals surface area contributed by atoms with Gasteiger partial charge in [0.05, 0.1) is 6.61 Å². The van der Waals surface area contributed by atoms with Crippen LogP contribution in [0.5, 0.6) is 5.88 Å². The molecule has 0 saturated carbocycles. The normalized spacial score (nSPS) is 24.3. The van der Waals surface area contributed by atoms with Gasteiger partial charge in [-0.05, 0) is 78.6 Å². The Labute approximate surface area is 214 Å². The number of ether oxygens (including phenoxy) is 1. The van der Waals surface area contributed by atoms with Crippen LogP contribution in [-0.2, 0) is 18.0 Å². The zero-order valence-electron chi connectivity index (χ0n) is 23.5. The highest BCUT2D eigenvalue weighted by atomic mass is 28.4. The van der Waals surface area contributed by atoms with Crippen molar-refractivity contribution >= 4 is 44.4 Å². The van der Waals surface area contributed by atoms with Crippen molar-refractivity contribution in [2.45, 2.75) is 103 Å². The number of imidazole rings is 1. The summed E-state index contributed by atoms with van der Waals surface area (Å²) in [5.41, 5.74) is 1.30. The quantitative estimate of drug-likeness (QED) is 0.368. The molecule has 35 heavy (non-hydrogen) atoms. The lowest BCUT2D eigenvalue weighted by molar-refractivity contribution is -0.0455. The lowest BCUT2D eigenvalue weighted by atomic mass is 10.1. The maximum atomic E-state index is 6.79. The number of hydrogen-bond acceptors (Lipinski definition) is 8. The first-order valence-corrected chi connectivity index (χ1v) is 26.0. The molecule has 13 heteroatoms. The molecule has 0 N–H and O–H groups in total. The Kier molecular flexibility index (Phi) is 8.24. The van der Waals surface area contributed by atoms with Crippen molar-refractivity contribution < 1.29 is 22.4 Å². The second-order valence-corrected chi connectivity index (χ2v) is 31.0. The maximum absolute atomic E-state index is 6.79. The van der Waals surface area contributed by atoms with Gasteiger partial charge < -0.3 is 22.4 Å². The molecule has 9 nitrogen and oxygen atoms in total. The van der Waals surface area contributed by atoms with E-state index in [-0.39, 0.29) is 18.3 Å². The fourth-order valence-corrected chi connectivity index (χ4v) is 7.45. The fraction of sp³-hybridized carbons (Fsp3) is 0.773. The number of aromatic nitrogens is 4. The standard InChI is InChI=1S/C22H44N4O5Si4/c1-32(2,3)27-13-16-18(29-33(4,5)6)19(30-34(7,8)9)22(28-16)26-15-25-20-17(26)21(24-14-23-20)31-35(10,11)12/h14-16,18-19,22H,13H2,1-12H3/t16-,18-,19-,22-/m1/s1. The molecular formula is C22H44N4O5Si4. The van der Waals surface area contributed by atoms with E-state index in [1.807, 2.05) is 4.57 Å². The molecule has 0 radical (unpaired) electrons. The predicted octanol–water partition coefficient (Wildman–Crippen LogP) is 5.23. The molecule has 2 aromatic rings. The summed E-state index contributed by atoms with van der Waals surface area (Å²) in [5, 5.41) is 0. The van der Waals surface area contributed by atoms with E-state index < -0.39 is 39.5 Å². The summed E-state index contributed by atoms with van der Waals surface area (Å²) in [6.07, 6.45) is 1.97. The van der Waals surface area contributed by atoms with Crippen LogP contribution >= 0.6 is 0 Å². The second kappa shape index (κ2) is 10.1. The number of hydrogen-bond donors (Lipinski definition) is 0.